The predicted octanol–water partition coefficient (Wildman–Crippen LogP) is 3.31. The molecule has 0 spiro atoms. The molecule has 0 radical (unpaired) electrons. The van der Waals surface area contributed by atoms with Crippen LogP contribution in [0.4, 0.5) is 0 Å². The number of rotatable bonds is 6. The number of benzene rings is 1. The Labute approximate surface area is 194 Å². The molecule has 7 heteroatoms. The van der Waals surface area contributed by atoms with Gasteiger partial charge in [0.2, 0.25) is 0 Å². The molecule has 0 saturated heterocycles. The fraction of sp³-hybridized carbons (Fsp3) is 0.385. The average molecular weight is 446 g/mol. The van der Waals surface area contributed by atoms with Crippen molar-refractivity contribution < 1.29 is 9.59 Å². The first-order valence-corrected chi connectivity index (χ1v) is 11.3. The zero-order chi connectivity index (χ0) is 23.8. The van der Waals surface area contributed by atoms with Gasteiger partial charge in [-0.2, -0.15) is 0 Å². The number of nitrogens with one attached hydrogen (secondary N) is 2. The number of amides is 2. The van der Waals surface area contributed by atoms with E-state index in [4.69, 9.17) is 0 Å². The number of hydrogen-bond donors (Lipinski definition) is 2. The molecular weight excluding hydrogens is 414 g/mol. The lowest BCUT2D eigenvalue weighted by molar-refractivity contribution is 0.0822. The summed E-state index contributed by atoms with van der Waals surface area (Å²) in [5, 5.41) is 6.28. The van der Waals surface area contributed by atoms with Gasteiger partial charge in [0, 0.05) is 42.6 Å². The molecule has 1 aromatic carbocycles. The molecule has 2 heterocycles. The summed E-state index contributed by atoms with van der Waals surface area (Å²) in [7, 11) is 1.97. The third-order valence-electron chi connectivity index (χ3n) is 6.95. The van der Waals surface area contributed by atoms with E-state index in [1.54, 1.807) is 13.1 Å². The highest BCUT2D eigenvalue weighted by Gasteiger charge is 2.46. The van der Waals surface area contributed by atoms with Gasteiger partial charge in [-0.3, -0.25) is 9.59 Å². The number of carbonyl (C=O) groups is 2. The molecule has 2 aromatic heterocycles. The second kappa shape index (κ2) is 8.81. The predicted molar refractivity (Wildman–Crippen MR) is 127 cm³/mol. The van der Waals surface area contributed by atoms with Crippen LogP contribution in [0.3, 0.4) is 0 Å². The number of hydrogen-bond acceptors (Lipinski definition) is 4. The molecule has 33 heavy (non-hydrogen) atoms. The summed E-state index contributed by atoms with van der Waals surface area (Å²) in [6, 6.07) is 12.2. The summed E-state index contributed by atoms with van der Waals surface area (Å²) < 4.78 is 2.02. The summed E-state index contributed by atoms with van der Waals surface area (Å²) in [5.74, 6) is 0.431. The Bertz CT molecular complexity index is 1190. The fourth-order valence-electron chi connectivity index (χ4n) is 4.76. The molecule has 2 N–H and O–H groups in total. The maximum Gasteiger partial charge on any atom is 0.254 e. The number of aromatic nitrogens is 3. The van der Waals surface area contributed by atoms with Gasteiger partial charge in [0.05, 0.1) is 16.8 Å². The molecule has 0 unspecified atom stereocenters. The molecule has 0 bridgehead atoms. The normalized spacial score (nSPS) is 19.6. The van der Waals surface area contributed by atoms with Crippen molar-refractivity contribution >= 4 is 11.8 Å². The standard InChI is InChI=1S/C26H31N5O2/c1-16-11-22(18(3)31(16)5)24(32)28-15-26(20-9-7-6-8-10-20)12-21(13-26)30-25(33)23-14-27-19(4)29-17(23)2/h6-11,14,21H,12-13,15H2,1-5H3,(H,28,32)(H,30,33). The minimum atomic E-state index is -0.217. The first kappa shape index (κ1) is 22.7. The first-order chi connectivity index (χ1) is 15.7. The summed E-state index contributed by atoms with van der Waals surface area (Å²) in [6.45, 7) is 8.10. The van der Waals surface area contributed by atoms with Crippen LogP contribution in [0.5, 0.6) is 0 Å². The highest BCUT2D eigenvalue weighted by molar-refractivity contribution is 5.96. The van der Waals surface area contributed by atoms with Crippen LogP contribution >= 0.6 is 0 Å². The molecule has 0 aliphatic heterocycles. The Balaban J connectivity index is 1.46. The van der Waals surface area contributed by atoms with Gasteiger partial charge in [-0.25, -0.2) is 9.97 Å². The monoisotopic (exact) mass is 445 g/mol. The van der Waals surface area contributed by atoms with Gasteiger partial charge in [-0.1, -0.05) is 30.3 Å². The van der Waals surface area contributed by atoms with Gasteiger partial charge >= 0.3 is 0 Å². The van der Waals surface area contributed by atoms with E-state index < -0.39 is 0 Å². The summed E-state index contributed by atoms with van der Waals surface area (Å²) in [6.07, 6.45) is 3.09. The Morgan fingerprint density at radius 1 is 1.06 bits per heavy atom. The lowest BCUT2D eigenvalue weighted by Gasteiger charge is -2.48. The maximum absolute atomic E-state index is 13.0. The highest BCUT2D eigenvalue weighted by Crippen LogP contribution is 2.43. The van der Waals surface area contributed by atoms with E-state index in [-0.39, 0.29) is 23.3 Å². The summed E-state index contributed by atoms with van der Waals surface area (Å²) in [5.41, 5.74) is 4.84. The zero-order valence-electron chi connectivity index (χ0n) is 19.9. The number of nitrogens with zero attached hydrogens (tertiary/aromatic N) is 3. The summed E-state index contributed by atoms with van der Waals surface area (Å²) >= 11 is 0. The molecule has 1 aliphatic rings. The number of aryl methyl sites for hydroxylation is 3. The fourth-order valence-corrected chi connectivity index (χ4v) is 4.76. The largest absolute Gasteiger partial charge is 0.351 e. The first-order valence-electron chi connectivity index (χ1n) is 11.3. The Morgan fingerprint density at radius 3 is 2.36 bits per heavy atom. The average Bonchev–Trinajstić information content (AvgIpc) is 3.02. The van der Waals surface area contributed by atoms with E-state index in [0.29, 0.717) is 29.2 Å². The van der Waals surface area contributed by atoms with Gasteiger partial charge in [-0.15, -0.1) is 0 Å². The lowest BCUT2D eigenvalue weighted by atomic mass is 9.61. The highest BCUT2D eigenvalue weighted by atomic mass is 16.2. The van der Waals surface area contributed by atoms with Crippen molar-refractivity contribution in [2.45, 2.75) is 52.0 Å². The van der Waals surface area contributed by atoms with Crippen molar-refractivity contribution in [3.63, 3.8) is 0 Å². The van der Waals surface area contributed by atoms with Crippen molar-refractivity contribution in [3.05, 3.63) is 82.2 Å². The van der Waals surface area contributed by atoms with E-state index in [9.17, 15) is 9.59 Å². The van der Waals surface area contributed by atoms with Crippen LogP contribution in [0.1, 0.15) is 62.0 Å². The van der Waals surface area contributed by atoms with Gasteiger partial charge < -0.3 is 15.2 Å². The Kier molecular flexibility index (Phi) is 6.06. The molecule has 4 rings (SSSR count). The van der Waals surface area contributed by atoms with Gasteiger partial charge in [-0.05, 0) is 52.2 Å². The molecular formula is C26H31N5O2. The van der Waals surface area contributed by atoms with E-state index in [0.717, 1.165) is 24.2 Å². The second-order valence-electron chi connectivity index (χ2n) is 9.17. The molecule has 0 atom stereocenters. The third kappa shape index (κ3) is 4.40. The van der Waals surface area contributed by atoms with Gasteiger partial charge in [0.15, 0.2) is 0 Å². The quantitative estimate of drug-likeness (QED) is 0.609. The van der Waals surface area contributed by atoms with Gasteiger partial charge in [0.25, 0.3) is 11.8 Å². The summed E-state index contributed by atoms with van der Waals surface area (Å²) in [4.78, 5) is 34.2. The van der Waals surface area contributed by atoms with Crippen LogP contribution in [0.15, 0.2) is 42.6 Å². The molecule has 2 amide bonds. The van der Waals surface area contributed by atoms with Crippen LogP contribution in [-0.2, 0) is 12.5 Å². The van der Waals surface area contributed by atoms with Crippen molar-refractivity contribution in [3.8, 4) is 0 Å². The topological polar surface area (TPSA) is 88.9 Å². The van der Waals surface area contributed by atoms with E-state index in [1.807, 2.05) is 56.7 Å². The van der Waals surface area contributed by atoms with Crippen molar-refractivity contribution in [1.29, 1.82) is 0 Å². The third-order valence-corrected chi connectivity index (χ3v) is 6.95. The molecule has 172 valence electrons. The number of carbonyl (C=O) groups excluding carboxylic acids is 2. The van der Waals surface area contributed by atoms with Crippen molar-refractivity contribution in [2.24, 2.45) is 7.05 Å². The molecule has 7 nitrogen and oxygen atoms in total. The van der Waals surface area contributed by atoms with Crippen LogP contribution in [0.25, 0.3) is 0 Å². The Hall–Kier alpha value is -3.48. The minimum absolute atomic E-state index is 0.0241. The van der Waals surface area contributed by atoms with E-state index >= 15 is 0 Å². The Morgan fingerprint density at radius 2 is 1.76 bits per heavy atom. The maximum atomic E-state index is 13.0. The smallest absolute Gasteiger partial charge is 0.254 e. The van der Waals surface area contributed by atoms with Crippen LogP contribution in [0.2, 0.25) is 0 Å². The van der Waals surface area contributed by atoms with Crippen LogP contribution in [0, 0.1) is 27.7 Å². The van der Waals surface area contributed by atoms with Crippen LogP contribution < -0.4 is 10.6 Å². The molecule has 1 aliphatic carbocycles. The molecule has 1 fully saturated rings. The SMILES string of the molecule is Cc1ncc(C(=O)NC2CC(CNC(=O)c3cc(C)n(C)c3C)(c3ccccc3)C2)c(C)n1. The molecule has 1 saturated carbocycles. The minimum Gasteiger partial charge on any atom is -0.351 e. The lowest BCUT2D eigenvalue weighted by Crippen LogP contribution is -2.57. The van der Waals surface area contributed by atoms with Crippen molar-refractivity contribution in [1.82, 2.24) is 25.2 Å². The van der Waals surface area contributed by atoms with E-state index in [2.05, 4.69) is 32.7 Å². The van der Waals surface area contributed by atoms with Crippen LogP contribution in [-0.4, -0.2) is 38.9 Å². The van der Waals surface area contributed by atoms with Crippen molar-refractivity contribution in [2.75, 3.05) is 6.54 Å². The van der Waals surface area contributed by atoms with Gasteiger partial charge in [0.1, 0.15) is 5.82 Å². The zero-order valence-corrected chi connectivity index (χ0v) is 19.9. The second-order valence-corrected chi connectivity index (χ2v) is 9.17. The molecule has 3 aromatic rings. The van der Waals surface area contributed by atoms with E-state index in [1.165, 1.54) is 5.56 Å².